The first-order valence-electron chi connectivity index (χ1n) is 12.2. The number of nitrogens with one attached hydrogen (secondary N) is 1. The Morgan fingerprint density at radius 1 is 1.06 bits per heavy atom. The number of amides is 1. The normalized spacial score (nSPS) is 11.0. The Balaban J connectivity index is 1.47. The van der Waals surface area contributed by atoms with Gasteiger partial charge in [-0.05, 0) is 55.9 Å². The zero-order valence-corrected chi connectivity index (χ0v) is 20.3. The first-order valence-corrected chi connectivity index (χ1v) is 12.2. The van der Waals surface area contributed by atoms with Crippen LogP contribution in [0, 0.1) is 0 Å². The molecule has 0 saturated carbocycles. The van der Waals surface area contributed by atoms with Crippen molar-refractivity contribution in [2.75, 3.05) is 26.9 Å². The molecule has 0 unspecified atom stereocenters. The molecule has 0 fully saturated rings. The molecule has 1 heterocycles. The van der Waals surface area contributed by atoms with Crippen molar-refractivity contribution in [3.05, 3.63) is 72.6 Å². The lowest BCUT2D eigenvalue weighted by atomic mass is 10.1. The van der Waals surface area contributed by atoms with E-state index in [1.807, 2.05) is 30.3 Å². The summed E-state index contributed by atoms with van der Waals surface area (Å²) < 4.78 is 13.2. The minimum atomic E-state index is -0.0579. The summed E-state index contributed by atoms with van der Waals surface area (Å²) >= 11 is 0. The molecule has 0 aliphatic rings. The lowest BCUT2D eigenvalue weighted by Gasteiger charge is -2.12. The van der Waals surface area contributed by atoms with Gasteiger partial charge in [-0.15, -0.1) is 6.58 Å². The van der Waals surface area contributed by atoms with Crippen LogP contribution >= 0.6 is 0 Å². The Labute approximate surface area is 203 Å². The Morgan fingerprint density at radius 3 is 2.74 bits per heavy atom. The number of methoxy groups -OCH3 is 1. The van der Waals surface area contributed by atoms with Crippen LogP contribution in [-0.4, -0.2) is 42.3 Å². The average Bonchev–Trinajstić information content (AvgIpc) is 3.20. The van der Waals surface area contributed by atoms with Crippen molar-refractivity contribution in [1.82, 2.24) is 14.9 Å². The standard InChI is InChI=1S/C28H37N3O3/c1-3-13-23-14-6-9-17-26(23)34-21-12-11-20-31-25-16-8-7-15-24(25)30-27(31)18-5-4-10-19-29-28(32)22-33-2/h3,6-9,14-17H,1,4-5,10-13,18-22H2,2H3,(H,29,32). The second-order valence-electron chi connectivity index (χ2n) is 8.42. The van der Waals surface area contributed by atoms with E-state index < -0.39 is 0 Å². The van der Waals surface area contributed by atoms with E-state index in [0.717, 1.165) is 68.6 Å². The predicted molar refractivity (Wildman–Crippen MR) is 137 cm³/mol. The second kappa shape index (κ2) is 14.2. The summed E-state index contributed by atoms with van der Waals surface area (Å²) in [4.78, 5) is 16.4. The minimum absolute atomic E-state index is 0.0579. The largest absolute Gasteiger partial charge is 0.493 e. The molecular formula is C28H37N3O3. The zero-order chi connectivity index (χ0) is 24.0. The lowest BCUT2D eigenvalue weighted by molar-refractivity contribution is -0.124. The minimum Gasteiger partial charge on any atom is -0.493 e. The number of aromatic nitrogens is 2. The van der Waals surface area contributed by atoms with E-state index in [1.54, 1.807) is 0 Å². The first kappa shape index (κ1) is 25.5. The Morgan fingerprint density at radius 2 is 1.88 bits per heavy atom. The zero-order valence-electron chi connectivity index (χ0n) is 20.3. The SMILES string of the molecule is C=CCc1ccccc1OCCCCn1c(CCCCCNC(=O)COC)nc2ccccc21. The van der Waals surface area contributed by atoms with Gasteiger partial charge in [0.05, 0.1) is 17.6 Å². The molecule has 3 rings (SSSR count). The Hall–Kier alpha value is -3.12. The molecule has 0 aliphatic carbocycles. The molecule has 0 bridgehead atoms. The maximum atomic E-state index is 11.5. The molecule has 2 aromatic carbocycles. The molecule has 0 spiro atoms. The number of unbranched alkanes of at least 4 members (excludes halogenated alkanes) is 3. The molecule has 0 radical (unpaired) electrons. The predicted octanol–water partition coefficient (Wildman–Crippen LogP) is 5.10. The van der Waals surface area contributed by atoms with Gasteiger partial charge in [0.15, 0.2) is 0 Å². The third kappa shape index (κ3) is 7.73. The highest BCUT2D eigenvalue weighted by atomic mass is 16.5. The molecule has 6 nitrogen and oxygen atoms in total. The monoisotopic (exact) mass is 463 g/mol. The number of nitrogens with zero attached hydrogens (tertiary/aromatic N) is 2. The molecular weight excluding hydrogens is 426 g/mol. The average molecular weight is 464 g/mol. The maximum Gasteiger partial charge on any atom is 0.245 e. The third-order valence-electron chi connectivity index (χ3n) is 5.78. The van der Waals surface area contributed by atoms with E-state index in [9.17, 15) is 4.79 Å². The molecule has 182 valence electrons. The van der Waals surface area contributed by atoms with Gasteiger partial charge in [-0.1, -0.05) is 42.8 Å². The van der Waals surface area contributed by atoms with Crippen LogP contribution < -0.4 is 10.1 Å². The highest BCUT2D eigenvalue weighted by Crippen LogP contribution is 2.21. The quantitative estimate of drug-likeness (QED) is 0.237. The molecule has 0 aliphatic heterocycles. The van der Waals surface area contributed by atoms with Gasteiger partial charge >= 0.3 is 0 Å². The number of ether oxygens (including phenoxy) is 2. The summed E-state index contributed by atoms with van der Waals surface area (Å²) in [6.45, 7) is 6.27. The van der Waals surface area contributed by atoms with Crippen molar-refractivity contribution in [3.63, 3.8) is 0 Å². The molecule has 6 heteroatoms. The van der Waals surface area contributed by atoms with Crippen LogP contribution in [-0.2, 0) is 28.9 Å². The van der Waals surface area contributed by atoms with Gasteiger partial charge in [-0.3, -0.25) is 4.79 Å². The van der Waals surface area contributed by atoms with Crippen LogP contribution in [0.1, 0.15) is 43.5 Å². The number of rotatable bonds is 16. The van der Waals surface area contributed by atoms with E-state index >= 15 is 0 Å². The topological polar surface area (TPSA) is 65.4 Å². The molecule has 1 amide bonds. The maximum absolute atomic E-state index is 11.5. The number of carbonyl (C=O) groups excluding carboxylic acids is 1. The molecule has 34 heavy (non-hydrogen) atoms. The van der Waals surface area contributed by atoms with Crippen molar-refractivity contribution in [2.24, 2.45) is 0 Å². The van der Waals surface area contributed by atoms with Gasteiger partial charge in [0, 0.05) is 26.6 Å². The fourth-order valence-corrected chi connectivity index (χ4v) is 4.08. The van der Waals surface area contributed by atoms with Gasteiger partial charge in [-0.2, -0.15) is 0 Å². The number of aryl methyl sites for hydroxylation is 2. The van der Waals surface area contributed by atoms with E-state index in [4.69, 9.17) is 14.5 Å². The number of benzene rings is 2. The number of hydrogen-bond acceptors (Lipinski definition) is 4. The summed E-state index contributed by atoms with van der Waals surface area (Å²) in [7, 11) is 1.53. The van der Waals surface area contributed by atoms with Crippen LogP contribution in [0.5, 0.6) is 5.75 Å². The van der Waals surface area contributed by atoms with Crippen molar-refractivity contribution < 1.29 is 14.3 Å². The summed E-state index contributed by atoms with van der Waals surface area (Å²) in [5, 5.41) is 2.88. The summed E-state index contributed by atoms with van der Waals surface area (Å²) in [6.07, 6.45) is 8.73. The second-order valence-corrected chi connectivity index (χ2v) is 8.42. The number of hydrogen-bond donors (Lipinski definition) is 1. The Kier molecular flexibility index (Phi) is 10.7. The number of imidazole rings is 1. The van der Waals surface area contributed by atoms with E-state index in [1.165, 1.54) is 18.2 Å². The van der Waals surface area contributed by atoms with Crippen LogP contribution in [0.3, 0.4) is 0 Å². The Bertz CT molecular complexity index is 1040. The van der Waals surface area contributed by atoms with Crippen molar-refractivity contribution in [3.8, 4) is 5.75 Å². The van der Waals surface area contributed by atoms with Crippen LogP contribution in [0.2, 0.25) is 0 Å². The van der Waals surface area contributed by atoms with Crippen LogP contribution in [0.15, 0.2) is 61.2 Å². The van der Waals surface area contributed by atoms with Crippen molar-refractivity contribution in [2.45, 2.75) is 51.5 Å². The number of carbonyl (C=O) groups is 1. The smallest absolute Gasteiger partial charge is 0.245 e. The molecule has 0 atom stereocenters. The van der Waals surface area contributed by atoms with E-state index in [0.29, 0.717) is 13.2 Å². The molecule has 1 aromatic heterocycles. The van der Waals surface area contributed by atoms with Crippen LogP contribution in [0.4, 0.5) is 0 Å². The number of allylic oxidation sites excluding steroid dienone is 1. The van der Waals surface area contributed by atoms with Crippen LogP contribution in [0.25, 0.3) is 11.0 Å². The van der Waals surface area contributed by atoms with Gasteiger partial charge in [0.1, 0.15) is 18.2 Å². The van der Waals surface area contributed by atoms with Gasteiger partial charge in [0.2, 0.25) is 5.91 Å². The van der Waals surface area contributed by atoms with E-state index in [2.05, 4.69) is 40.7 Å². The highest BCUT2D eigenvalue weighted by Gasteiger charge is 2.10. The van der Waals surface area contributed by atoms with Gasteiger partial charge in [0.25, 0.3) is 0 Å². The summed E-state index contributed by atoms with van der Waals surface area (Å²) in [5.74, 6) is 2.04. The van der Waals surface area contributed by atoms with Gasteiger partial charge in [-0.25, -0.2) is 4.98 Å². The van der Waals surface area contributed by atoms with Gasteiger partial charge < -0.3 is 19.4 Å². The highest BCUT2D eigenvalue weighted by molar-refractivity contribution is 5.77. The first-order chi connectivity index (χ1) is 16.7. The summed E-state index contributed by atoms with van der Waals surface area (Å²) in [6, 6.07) is 16.5. The van der Waals surface area contributed by atoms with Crippen molar-refractivity contribution >= 4 is 16.9 Å². The molecule has 1 N–H and O–H groups in total. The number of fused-ring (bicyclic) bond motifs is 1. The summed E-state index contributed by atoms with van der Waals surface area (Å²) in [5.41, 5.74) is 3.43. The fourth-order valence-electron chi connectivity index (χ4n) is 4.08. The fraction of sp³-hybridized carbons (Fsp3) is 0.429. The number of para-hydroxylation sites is 3. The lowest BCUT2D eigenvalue weighted by Crippen LogP contribution is -2.27. The molecule has 3 aromatic rings. The third-order valence-corrected chi connectivity index (χ3v) is 5.78. The van der Waals surface area contributed by atoms with E-state index in [-0.39, 0.29) is 12.5 Å². The molecule has 0 saturated heterocycles. The van der Waals surface area contributed by atoms with Crippen molar-refractivity contribution in [1.29, 1.82) is 0 Å².